The van der Waals surface area contributed by atoms with E-state index in [-0.39, 0.29) is 10.6 Å². The minimum Gasteiger partial charge on any atom is -0.494 e. The normalized spacial score (nSPS) is 11.2. The zero-order valence-corrected chi connectivity index (χ0v) is 20.5. The van der Waals surface area contributed by atoms with Crippen LogP contribution < -0.4 is 13.8 Å². The first-order chi connectivity index (χ1) is 15.6. The zero-order chi connectivity index (χ0) is 24.2. The molecule has 1 amide bonds. The third kappa shape index (κ3) is 5.49. The molecule has 0 heterocycles. The number of amides is 1. The first kappa shape index (κ1) is 24.6. The molecule has 0 aliphatic heterocycles. The Morgan fingerprint density at radius 1 is 0.879 bits per heavy atom. The number of nitrogens with zero attached hydrogens (tertiary/aromatic N) is 1. The van der Waals surface area contributed by atoms with Crippen molar-refractivity contribution in [2.45, 2.75) is 32.6 Å². The number of ether oxygens (including phenoxy) is 2. The van der Waals surface area contributed by atoms with Gasteiger partial charge in [0.1, 0.15) is 11.5 Å². The number of hydrogen-bond acceptors (Lipinski definition) is 5. The van der Waals surface area contributed by atoms with Crippen molar-refractivity contribution in [3.63, 3.8) is 0 Å². The summed E-state index contributed by atoms with van der Waals surface area (Å²) in [4.78, 5) is 13.2. The summed E-state index contributed by atoms with van der Waals surface area (Å²) in [5.74, 6) is 0.410. The highest BCUT2D eigenvalue weighted by Gasteiger charge is 2.31. The van der Waals surface area contributed by atoms with Gasteiger partial charge in [-0.2, -0.15) is 4.31 Å². The summed E-state index contributed by atoms with van der Waals surface area (Å²) >= 11 is 5.92. The molecular formula is C25H26ClNO5S. The maximum absolute atomic E-state index is 13.5. The molecule has 0 aliphatic rings. The molecule has 0 N–H and O–H groups in total. The molecule has 0 saturated heterocycles. The largest absolute Gasteiger partial charge is 0.494 e. The Bertz CT molecular complexity index is 1240. The van der Waals surface area contributed by atoms with Crippen LogP contribution in [0, 0.1) is 20.8 Å². The molecule has 0 fully saturated rings. The van der Waals surface area contributed by atoms with Gasteiger partial charge in [-0.05, 0) is 92.9 Å². The highest BCUT2D eigenvalue weighted by atomic mass is 35.5. The molecule has 3 rings (SSSR count). The molecule has 6 nitrogen and oxygen atoms in total. The maximum Gasteiger partial charge on any atom is 0.278 e. The number of rotatable bonds is 8. The zero-order valence-electron chi connectivity index (χ0n) is 19.0. The Labute approximate surface area is 199 Å². The van der Waals surface area contributed by atoms with Crippen molar-refractivity contribution in [3.8, 4) is 11.5 Å². The summed E-state index contributed by atoms with van der Waals surface area (Å²) in [6.45, 7) is 7.58. The van der Waals surface area contributed by atoms with E-state index in [0.717, 1.165) is 21.0 Å². The molecule has 0 aromatic heterocycles. The molecule has 0 radical (unpaired) electrons. The van der Waals surface area contributed by atoms with Crippen molar-refractivity contribution in [2.75, 3.05) is 17.5 Å². The quantitative estimate of drug-likeness (QED) is 0.421. The second-order valence-electron chi connectivity index (χ2n) is 7.49. The van der Waals surface area contributed by atoms with Gasteiger partial charge in [0.2, 0.25) is 0 Å². The predicted octanol–water partition coefficient (Wildman–Crippen LogP) is 5.46. The molecule has 174 valence electrons. The third-order valence-corrected chi connectivity index (χ3v) is 7.19. The fourth-order valence-electron chi connectivity index (χ4n) is 3.31. The number of sulfonamides is 1. The molecule has 0 bridgehead atoms. The molecule has 33 heavy (non-hydrogen) atoms. The van der Waals surface area contributed by atoms with Crippen LogP contribution in [0.15, 0.2) is 65.6 Å². The SMILES string of the molecule is CCOc1ccc(N(C(=O)COc2c(C)ccc(C)c2C)S(=O)(=O)c2ccc(Cl)cc2)cc1. The standard InChI is InChI=1S/C25H26ClNO5S/c1-5-31-22-12-10-21(11-13-22)27(33(29,30)23-14-8-20(26)9-15-23)24(28)16-32-25-18(3)7-6-17(2)19(25)4/h6-15H,5,16H2,1-4H3. The molecule has 0 saturated carbocycles. The number of benzene rings is 3. The molecule has 3 aromatic rings. The Hall–Kier alpha value is -3.03. The van der Waals surface area contributed by atoms with E-state index >= 15 is 0 Å². The molecule has 0 atom stereocenters. The lowest BCUT2D eigenvalue weighted by molar-refractivity contribution is -0.119. The summed E-state index contributed by atoms with van der Waals surface area (Å²) in [5, 5.41) is 0.390. The Morgan fingerprint density at radius 2 is 1.48 bits per heavy atom. The van der Waals surface area contributed by atoms with Crippen molar-refractivity contribution in [1.82, 2.24) is 0 Å². The van der Waals surface area contributed by atoms with E-state index < -0.39 is 22.5 Å². The van der Waals surface area contributed by atoms with Crippen LogP contribution in [0.3, 0.4) is 0 Å². The van der Waals surface area contributed by atoms with Gasteiger partial charge < -0.3 is 9.47 Å². The van der Waals surface area contributed by atoms with Gasteiger partial charge in [-0.15, -0.1) is 0 Å². The van der Waals surface area contributed by atoms with E-state index in [2.05, 4.69) is 0 Å². The van der Waals surface area contributed by atoms with E-state index in [1.807, 2.05) is 39.8 Å². The van der Waals surface area contributed by atoms with Crippen molar-refractivity contribution >= 4 is 33.2 Å². The fraction of sp³-hybridized carbons (Fsp3) is 0.240. The van der Waals surface area contributed by atoms with Crippen LogP contribution in [0.5, 0.6) is 11.5 Å². The van der Waals surface area contributed by atoms with Gasteiger partial charge in [0, 0.05) is 5.02 Å². The number of aryl methyl sites for hydroxylation is 2. The first-order valence-electron chi connectivity index (χ1n) is 10.4. The number of carbonyl (C=O) groups excluding carboxylic acids is 1. The molecule has 0 unspecified atom stereocenters. The van der Waals surface area contributed by atoms with Crippen molar-refractivity contribution < 1.29 is 22.7 Å². The summed E-state index contributed by atoms with van der Waals surface area (Å²) in [7, 11) is -4.22. The van der Waals surface area contributed by atoms with Crippen molar-refractivity contribution in [2.24, 2.45) is 0 Å². The van der Waals surface area contributed by atoms with E-state index in [9.17, 15) is 13.2 Å². The maximum atomic E-state index is 13.5. The topological polar surface area (TPSA) is 72.9 Å². The minimum absolute atomic E-state index is 0.0583. The Balaban J connectivity index is 1.98. The molecule has 0 spiro atoms. The van der Waals surface area contributed by atoms with Gasteiger partial charge >= 0.3 is 0 Å². The highest BCUT2D eigenvalue weighted by Crippen LogP contribution is 2.29. The molecule has 0 aliphatic carbocycles. The highest BCUT2D eigenvalue weighted by molar-refractivity contribution is 7.93. The second kappa shape index (κ2) is 10.3. The second-order valence-corrected chi connectivity index (χ2v) is 9.71. The number of hydrogen-bond donors (Lipinski definition) is 0. The molecule has 3 aromatic carbocycles. The van der Waals surface area contributed by atoms with Crippen LogP contribution >= 0.6 is 11.6 Å². The smallest absolute Gasteiger partial charge is 0.278 e. The van der Waals surface area contributed by atoms with Crippen LogP contribution in [-0.2, 0) is 14.8 Å². The van der Waals surface area contributed by atoms with Gasteiger partial charge in [0.05, 0.1) is 17.2 Å². The van der Waals surface area contributed by atoms with Crippen LogP contribution in [0.4, 0.5) is 5.69 Å². The average molecular weight is 488 g/mol. The van der Waals surface area contributed by atoms with Gasteiger partial charge in [0.25, 0.3) is 15.9 Å². The van der Waals surface area contributed by atoms with Crippen molar-refractivity contribution in [3.05, 3.63) is 82.4 Å². The minimum atomic E-state index is -4.22. The van der Waals surface area contributed by atoms with Crippen LogP contribution in [0.25, 0.3) is 0 Å². The Morgan fingerprint density at radius 3 is 2.09 bits per heavy atom. The van der Waals surface area contributed by atoms with Gasteiger partial charge in [-0.1, -0.05) is 23.7 Å². The number of carbonyl (C=O) groups is 1. The number of anilines is 1. The number of halogens is 1. The van der Waals surface area contributed by atoms with Crippen molar-refractivity contribution in [1.29, 1.82) is 0 Å². The summed E-state index contributed by atoms with van der Waals surface area (Å²) in [6, 6.07) is 15.8. The van der Waals surface area contributed by atoms with E-state index in [1.165, 1.54) is 36.4 Å². The summed E-state index contributed by atoms with van der Waals surface area (Å²) in [5.41, 5.74) is 2.95. The third-order valence-electron chi connectivity index (χ3n) is 5.17. The van der Waals surface area contributed by atoms with E-state index in [4.69, 9.17) is 21.1 Å². The molecule has 8 heteroatoms. The monoisotopic (exact) mass is 487 g/mol. The van der Waals surface area contributed by atoms with Crippen LogP contribution in [-0.4, -0.2) is 27.5 Å². The Kier molecular flexibility index (Phi) is 7.66. The van der Waals surface area contributed by atoms with Gasteiger partial charge in [-0.3, -0.25) is 4.79 Å². The molecular weight excluding hydrogens is 462 g/mol. The van der Waals surface area contributed by atoms with Gasteiger partial charge in [-0.25, -0.2) is 8.42 Å². The lowest BCUT2D eigenvalue weighted by Gasteiger charge is -2.23. The van der Waals surface area contributed by atoms with Gasteiger partial charge in [0.15, 0.2) is 6.61 Å². The predicted molar refractivity (Wildman–Crippen MR) is 130 cm³/mol. The summed E-state index contributed by atoms with van der Waals surface area (Å²) < 4.78 is 39.0. The fourth-order valence-corrected chi connectivity index (χ4v) is 4.85. The van der Waals surface area contributed by atoms with Crippen LogP contribution in [0.2, 0.25) is 5.02 Å². The van der Waals surface area contributed by atoms with E-state index in [1.54, 1.807) is 12.1 Å². The average Bonchev–Trinajstić information content (AvgIpc) is 2.78. The lowest BCUT2D eigenvalue weighted by Crippen LogP contribution is -2.40. The first-order valence-corrected chi connectivity index (χ1v) is 12.2. The lowest BCUT2D eigenvalue weighted by atomic mass is 10.1. The van der Waals surface area contributed by atoms with Crippen LogP contribution in [0.1, 0.15) is 23.6 Å². The summed E-state index contributed by atoms with van der Waals surface area (Å²) in [6.07, 6.45) is 0. The van der Waals surface area contributed by atoms with E-state index in [0.29, 0.717) is 23.1 Å².